The van der Waals surface area contributed by atoms with Crippen LogP contribution in [0.15, 0.2) is 28.8 Å². The van der Waals surface area contributed by atoms with Crippen molar-refractivity contribution in [3.63, 3.8) is 0 Å². The maximum absolute atomic E-state index is 5.47. The molecular weight excluding hydrogens is 238 g/mol. The van der Waals surface area contributed by atoms with Crippen LogP contribution in [0.25, 0.3) is 11.5 Å². The van der Waals surface area contributed by atoms with Gasteiger partial charge in [-0.15, -0.1) is 0 Å². The molecule has 0 aliphatic rings. The lowest BCUT2D eigenvalue weighted by atomic mass is 9.87. The highest BCUT2D eigenvalue weighted by Gasteiger charge is 2.14. The summed E-state index contributed by atoms with van der Waals surface area (Å²) in [5.41, 5.74) is 7.87. The molecule has 1 aromatic heterocycles. The summed E-state index contributed by atoms with van der Waals surface area (Å²) >= 11 is 0. The second-order valence-corrected chi connectivity index (χ2v) is 5.74. The van der Waals surface area contributed by atoms with Crippen LogP contribution in [0.5, 0.6) is 0 Å². The first-order valence-corrected chi connectivity index (χ1v) is 6.64. The van der Waals surface area contributed by atoms with Gasteiger partial charge in [-0.2, -0.15) is 4.98 Å². The molecule has 102 valence electrons. The molecule has 1 heterocycles. The van der Waals surface area contributed by atoms with E-state index in [1.165, 1.54) is 5.56 Å². The summed E-state index contributed by atoms with van der Waals surface area (Å²) in [5, 5.41) is 3.96. The van der Waals surface area contributed by atoms with E-state index in [2.05, 4.69) is 43.0 Å². The van der Waals surface area contributed by atoms with Gasteiger partial charge < -0.3 is 10.3 Å². The predicted molar refractivity (Wildman–Crippen MR) is 75.8 cm³/mol. The minimum absolute atomic E-state index is 0.152. The van der Waals surface area contributed by atoms with Crippen molar-refractivity contribution in [2.24, 2.45) is 5.73 Å². The number of rotatable bonds is 4. The van der Waals surface area contributed by atoms with Crippen LogP contribution in [0.1, 0.15) is 38.6 Å². The second kappa shape index (κ2) is 5.53. The normalized spacial score (nSPS) is 11.8. The molecule has 2 rings (SSSR count). The molecule has 1 aromatic carbocycles. The van der Waals surface area contributed by atoms with Crippen LogP contribution >= 0.6 is 0 Å². The summed E-state index contributed by atoms with van der Waals surface area (Å²) in [7, 11) is 0. The fourth-order valence-electron chi connectivity index (χ4n) is 1.85. The molecule has 2 N–H and O–H groups in total. The largest absolute Gasteiger partial charge is 0.334 e. The van der Waals surface area contributed by atoms with Gasteiger partial charge in [0, 0.05) is 12.0 Å². The highest BCUT2D eigenvalue weighted by molar-refractivity contribution is 5.53. The molecule has 19 heavy (non-hydrogen) atoms. The molecular formula is C15H21N3O. The van der Waals surface area contributed by atoms with Crippen LogP contribution in [0.3, 0.4) is 0 Å². The summed E-state index contributed by atoms with van der Waals surface area (Å²) in [4.78, 5) is 4.38. The Labute approximate surface area is 114 Å². The second-order valence-electron chi connectivity index (χ2n) is 5.74. The SMILES string of the molecule is CC(C)(C)c1ccc(-c2nc(CCCN)no2)cc1. The third-order valence-corrected chi connectivity index (χ3v) is 3.07. The number of benzene rings is 1. The van der Waals surface area contributed by atoms with Crippen molar-refractivity contribution in [1.29, 1.82) is 0 Å². The minimum atomic E-state index is 0.152. The first kappa shape index (κ1) is 13.7. The lowest BCUT2D eigenvalue weighted by Gasteiger charge is -2.18. The smallest absolute Gasteiger partial charge is 0.257 e. The Bertz CT molecular complexity index is 523. The zero-order chi connectivity index (χ0) is 13.9. The number of nitrogens with zero attached hydrogens (tertiary/aromatic N) is 2. The first-order valence-electron chi connectivity index (χ1n) is 6.64. The predicted octanol–water partition coefficient (Wildman–Crippen LogP) is 2.93. The Kier molecular flexibility index (Phi) is 4.00. The quantitative estimate of drug-likeness (QED) is 0.916. The molecule has 0 radical (unpaired) electrons. The Balaban J connectivity index is 2.16. The van der Waals surface area contributed by atoms with E-state index in [0.29, 0.717) is 12.4 Å². The number of hydrogen-bond donors (Lipinski definition) is 1. The van der Waals surface area contributed by atoms with E-state index in [4.69, 9.17) is 10.3 Å². The van der Waals surface area contributed by atoms with E-state index in [9.17, 15) is 0 Å². The van der Waals surface area contributed by atoms with E-state index in [0.717, 1.165) is 24.2 Å². The summed E-state index contributed by atoms with van der Waals surface area (Å²) in [5.74, 6) is 1.30. The summed E-state index contributed by atoms with van der Waals surface area (Å²) in [6.45, 7) is 7.23. The maximum Gasteiger partial charge on any atom is 0.257 e. The lowest BCUT2D eigenvalue weighted by Crippen LogP contribution is -2.10. The Morgan fingerprint density at radius 2 is 1.84 bits per heavy atom. The van der Waals surface area contributed by atoms with Gasteiger partial charge in [0.25, 0.3) is 5.89 Å². The van der Waals surface area contributed by atoms with Gasteiger partial charge in [-0.3, -0.25) is 0 Å². The van der Waals surface area contributed by atoms with Crippen LogP contribution in [0.2, 0.25) is 0 Å². The van der Waals surface area contributed by atoms with Crippen LogP contribution in [-0.2, 0) is 11.8 Å². The Morgan fingerprint density at radius 1 is 1.16 bits per heavy atom. The summed E-state index contributed by atoms with van der Waals surface area (Å²) in [6, 6.07) is 8.28. The molecule has 4 nitrogen and oxygen atoms in total. The fraction of sp³-hybridized carbons (Fsp3) is 0.467. The van der Waals surface area contributed by atoms with E-state index in [1.54, 1.807) is 0 Å². The molecule has 0 amide bonds. The van der Waals surface area contributed by atoms with Crippen molar-refractivity contribution in [2.75, 3.05) is 6.54 Å². The van der Waals surface area contributed by atoms with Gasteiger partial charge in [0.05, 0.1) is 0 Å². The Hall–Kier alpha value is -1.68. The molecule has 4 heteroatoms. The summed E-state index contributed by atoms with van der Waals surface area (Å²) in [6.07, 6.45) is 1.64. The van der Waals surface area contributed by atoms with Crippen molar-refractivity contribution in [3.05, 3.63) is 35.7 Å². The highest BCUT2D eigenvalue weighted by Crippen LogP contribution is 2.25. The molecule has 0 atom stereocenters. The van der Waals surface area contributed by atoms with Crippen LogP contribution in [0.4, 0.5) is 0 Å². The van der Waals surface area contributed by atoms with Crippen molar-refractivity contribution in [3.8, 4) is 11.5 Å². The third kappa shape index (κ3) is 3.41. The molecule has 0 aliphatic carbocycles. The molecule has 0 bridgehead atoms. The standard InChI is InChI=1S/C15H21N3O/c1-15(2,3)12-8-6-11(7-9-12)14-17-13(18-19-14)5-4-10-16/h6-9H,4-5,10,16H2,1-3H3. The van der Waals surface area contributed by atoms with Crippen molar-refractivity contribution < 1.29 is 4.52 Å². The molecule has 0 saturated carbocycles. The maximum atomic E-state index is 5.47. The van der Waals surface area contributed by atoms with E-state index < -0.39 is 0 Å². The molecule has 0 aliphatic heterocycles. The van der Waals surface area contributed by atoms with Crippen LogP contribution < -0.4 is 5.73 Å². The molecule has 0 spiro atoms. The van der Waals surface area contributed by atoms with Gasteiger partial charge in [0.2, 0.25) is 0 Å². The molecule has 0 saturated heterocycles. The fourth-order valence-corrected chi connectivity index (χ4v) is 1.85. The average Bonchev–Trinajstić information content (AvgIpc) is 2.84. The average molecular weight is 259 g/mol. The monoisotopic (exact) mass is 259 g/mol. The third-order valence-electron chi connectivity index (χ3n) is 3.07. The number of nitrogens with two attached hydrogens (primary N) is 1. The summed E-state index contributed by atoms with van der Waals surface area (Å²) < 4.78 is 5.27. The van der Waals surface area contributed by atoms with Gasteiger partial charge in [-0.1, -0.05) is 38.1 Å². The number of aromatic nitrogens is 2. The molecule has 2 aromatic rings. The first-order chi connectivity index (χ1) is 9.00. The van der Waals surface area contributed by atoms with Gasteiger partial charge in [0.15, 0.2) is 5.82 Å². The lowest BCUT2D eigenvalue weighted by molar-refractivity contribution is 0.422. The number of hydrogen-bond acceptors (Lipinski definition) is 4. The van der Waals surface area contributed by atoms with Gasteiger partial charge in [-0.25, -0.2) is 0 Å². The van der Waals surface area contributed by atoms with Gasteiger partial charge >= 0.3 is 0 Å². The van der Waals surface area contributed by atoms with E-state index >= 15 is 0 Å². The Morgan fingerprint density at radius 3 is 2.42 bits per heavy atom. The van der Waals surface area contributed by atoms with Crippen molar-refractivity contribution >= 4 is 0 Å². The van der Waals surface area contributed by atoms with Crippen LogP contribution in [0, 0.1) is 0 Å². The number of aryl methyl sites for hydroxylation is 1. The van der Waals surface area contributed by atoms with E-state index in [1.807, 2.05) is 12.1 Å². The van der Waals surface area contributed by atoms with Crippen molar-refractivity contribution in [1.82, 2.24) is 10.1 Å². The molecule has 0 unspecified atom stereocenters. The van der Waals surface area contributed by atoms with Crippen LogP contribution in [-0.4, -0.2) is 16.7 Å². The van der Waals surface area contributed by atoms with E-state index in [-0.39, 0.29) is 5.41 Å². The van der Waals surface area contributed by atoms with Gasteiger partial charge in [0.1, 0.15) is 0 Å². The molecule has 0 fully saturated rings. The van der Waals surface area contributed by atoms with Crippen molar-refractivity contribution in [2.45, 2.75) is 39.0 Å². The van der Waals surface area contributed by atoms with Gasteiger partial charge in [-0.05, 0) is 36.1 Å². The highest BCUT2D eigenvalue weighted by atomic mass is 16.5. The topological polar surface area (TPSA) is 64.9 Å². The zero-order valence-corrected chi connectivity index (χ0v) is 11.8. The zero-order valence-electron chi connectivity index (χ0n) is 11.8. The minimum Gasteiger partial charge on any atom is -0.334 e.